The number of hydrogen-bond donors (Lipinski definition) is 1. The molecule has 0 aromatic heterocycles. The predicted molar refractivity (Wildman–Crippen MR) is 54.6 cm³/mol. The van der Waals surface area contributed by atoms with Gasteiger partial charge in [0.1, 0.15) is 0 Å². The number of hydrogen-bond acceptors (Lipinski definition) is 1. The Labute approximate surface area is 81.3 Å². The van der Waals surface area contributed by atoms with E-state index in [-0.39, 0.29) is 0 Å². The molecule has 3 saturated carbocycles. The molecule has 3 rings (SSSR count). The molecule has 0 heterocycles. The molecule has 2 bridgehead atoms. The van der Waals surface area contributed by atoms with Gasteiger partial charge in [0.05, 0.1) is 0 Å². The molecule has 74 valence electrons. The van der Waals surface area contributed by atoms with Crippen molar-refractivity contribution in [2.24, 2.45) is 17.8 Å². The first-order valence-corrected chi connectivity index (χ1v) is 6.15. The van der Waals surface area contributed by atoms with Gasteiger partial charge < -0.3 is 5.32 Å². The summed E-state index contributed by atoms with van der Waals surface area (Å²) in [5, 5.41) is 3.64. The maximum Gasteiger partial charge on any atom is 0.00682 e. The second kappa shape index (κ2) is 3.27. The average molecular weight is 179 g/mol. The minimum absolute atomic E-state index is 0.915. The van der Waals surface area contributed by atoms with Crippen molar-refractivity contribution in [2.45, 2.75) is 51.0 Å². The third-order valence-electron chi connectivity index (χ3n) is 4.41. The molecule has 0 spiro atoms. The molecule has 0 aromatic rings. The standard InChI is InChI=1S/C12H21N/c1-2-10-7-9(1)8-11(10)5-6-13-12-3-4-12/h9-13H,1-8H2/t9-,10-,11-/m1/s1. The van der Waals surface area contributed by atoms with E-state index in [9.17, 15) is 0 Å². The number of fused-ring (bicyclic) bond motifs is 2. The van der Waals surface area contributed by atoms with Gasteiger partial charge in [-0.1, -0.05) is 6.42 Å². The van der Waals surface area contributed by atoms with Crippen LogP contribution < -0.4 is 5.32 Å². The summed E-state index contributed by atoms with van der Waals surface area (Å²) in [6, 6.07) is 0.915. The molecular weight excluding hydrogens is 158 g/mol. The van der Waals surface area contributed by atoms with Gasteiger partial charge in [0.25, 0.3) is 0 Å². The summed E-state index contributed by atoms with van der Waals surface area (Å²) in [5.74, 6) is 3.37. The lowest BCUT2D eigenvalue weighted by Gasteiger charge is -2.21. The van der Waals surface area contributed by atoms with Gasteiger partial charge in [-0.05, 0) is 62.8 Å². The van der Waals surface area contributed by atoms with Crippen LogP contribution in [0.3, 0.4) is 0 Å². The van der Waals surface area contributed by atoms with Gasteiger partial charge in [-0.2, -0.15) is 0 Å². The highest BCUT2D eigenvalue weighted by atomic mass is 14.9. The van der Waals surface area contributed by atoms with E-state index in [0.29, 0.717) is 0 Å². The SMILES string of the molecule is C(C[C@@H]1C[C@@H]2CC[C@@H]1C2)NC1CC1. The summed E-state index contributed by atoms with van der Waals surface area (Å²) >= 11 is 0. The molecular formula is C12H21N. The molecule has 0 unspecified atom stereocenters. The first-order valence-electron chi connectivity index (χ1n) is 6.15. The minimum atomic E-state index is 0.915. The van der Waals surface area contributed by atoms with Crippen LogP contribution in [0, 0.1) is 17.8 Å². The van der Waals surface area contributed by atoms with Crippen molar-refractivity contribution in [1.29, 1.82) is 0 Å². The number of rotatable bonds is 4. The molecule has 0 amide bonds. The molecule has 13 heavy (non-hydrogen) atoms. The zero-order chi connectivity index (χ0) is 8.67. The zero-order valence-electron chi connectivity index (χ0n) is 8.47. The van der Waals surface area contributed by atoms with Crippen LogP contribution in [0.1, 0.15) is 44.9 Å². The van der Waals surface area contributed by atoms with E-state index in [4.69, 9.17) is 0 Å². The van der Waals surface area contributed by atoms with Crippen LogP contribution in [0.5, 0.6) is 0 Å². The zero-order valence-corrected chi connectivity index (χ0v) is 8.47. The third kappa shape index (κ3) is 1.76. The summed E-state index contributed by atoms with van der Waals surface area (Å²) in [4.78, 5) is 0. The lowest BCUT2D eigenvalue weighted by molar-refractivity contribution is 0.310. The largest absolute Gasteiger partial charge is 0.314 e. The van der Waals surface area contributed by atoms with Gasteiger partial charge in [-0.15, -0.1) is 0 Å². The van der Waals surface area contributed by atoms with Crippen LogP contribution in [-0.2, 0) is 0 Å². The monoisotopic (exact) mass is 179 g/mol. The van der Waals surface area contributed by atoms with Crippen molar-refractivity contribution in [3.63, 3.8) is 0 Å². The van der Waals surface area contributed by atoms with Gasteiger partial charge >= 0.3 is 0 Å². The van der Waals surface area contributed by atoms with E-state index in [1.807, 2.05) is 0 Å². The van der Waals surface area contributed by atoms with Crippen LogP contribution >= 0.6 is 0 Å². The van der Waals surface area contributed by atoms with Crippen molar-refractivity contribution in [3.05, 3.63) is 0 Å². The van der Waals surface area contributed by atoms with Crippen molar-refractivity contribution < 1.29 is 0 Å². The highest BCUT2D eigenvalue weighted by Gasteiger charge is 2.38. The van der Waals surface area contributed by atoms with Crippen LogP contribution in [0.4, 0.5) is 0 Å². The molecule has 3 fully saturated rings. The fourth-order valence-corrected chi connectivity index (χ4v) is 3.49. The average Bonchev–Trinajstić information content (AvgIpc) is 2.74. The van der Waals surface area contributed by atoms with E-state index in [1.54, 1.807) is 25.7 Å². The lowest BCUT2D eigenvalue weighted by atomic mass is 9.86. The van der Waals surface area contributed by atoms with Gasteiger partial charge in [0.2, 0.25) is 0 Å². The molecule has 3 atom stereocenters. The van der Waals surface area contributed by atoms with Crippen molar-refractivity contribution in [2.75, 3.05) is 6.54 Å². The molecule has 1 nitrogen and oxygen atoms in total. The maximum atomic E-state index is 3.64. The van der Waals surface area contributed by atoms with Crippen LogP contribution in [0.15, 0.2) is 0 Å². The molecule has 3 aliphatic rings. The summed E-state index contributed by atoms with van der Waals surface area (Å²) in [7, 11) is 0. The number of nitrogens with one attached hydrogen (secondary N) is 1. The van der Waals surface area contributed by atoms with E-state index >= 15 is 0 Å². The maximum absolute atomic E-state index is 3.64. The highest BCUT2D eigenvalue weighted by Crippen LogP contribution is 2.49. The Balaban J connectivity index is 1.40. The Kier molecular flexibility index (Phi) is 2.08. The summed E-state index contributed by atoms with van der Waals surface area (Å²) < 4.78 is 0. The fraction of sp³-hybridized carbons (Fsp3) is 1.00. The van der Waals surface area contributed by atoms with Gasteiger partial charge in [-0.3, -0.25) is 0 Å². The summed E-state index contributed by atoms with van der Waals surface area (Å²) in [6.45, 7) is 1.30. The fourth-order valence-electron chi connectivity index (χ4n) is 3.49. The molecule has 0 radical (unpaired) electrons. The Hall–Kier alpha value is -0.0400. The van der Waals surface area contributed by atoms with Crippen molar-refractivity contribution >= 4 is 0 Å². The second-order valence-electron chi connectivity index (χ2n) is 5.45. The smallest absolute Gasteiger partial charge is 0.00682 e. The van der Waals surface area contributed by atoms with Crippen LogP contribution in [0.2, 0.25) is 0 Å². The predicted octanol–water partition coefficient (Wildman–Crippen LogP) is 2.56. The molecule has 0 aromatic carbocycles. The molecule has 0 saturated heterocycles. The first-order chi connectivity index (χ1) is 6.42. The third-order valence-corrected chi connectivity index (χ3v) is 4.41. The van der Waals surface area contributed by atoms with Crippen LogP contribution in [-0.4, -0.2) is 12.6 Å². The summed E-state index contributed by atoms with van der Waals surface area (Å²) in [5.41, 5.74) is 0. The Morgan fingerprint density at radius 2 is 1.92 bits per heavy atom. The van der Waals surface area contributed by atoms with E-state index in [2.05, 4.69) is 5.32 Å². The minimum Gasteiger partial charge on any atom is -0.314 e. The normalized spacial score (nSPS) is 42.9. The quantitative estimate of drug-likeness (QED) is 0.699. The Morgan fingerprint density at radius 3 is 2.54 bits per heavy atom. The highest BCUT2D eigenvalue weighted by molar-refractivity contribution is 4.90. The van der Waals surface area contributed by atoms with Crippen molar-refractivity contribution in [3.8, 4) is 0 Å². The van der Waals surface area contributed by atoms with E-state index in [0.717, 1.165) is 23.8 Å². The lowest BCUT2D eigenvalue weighted by Crippen LogP contribution is -2.22. The molecule has 1 N–H and O–H groups in total. The Bertz CT molecular complexity index is 186. The van der Waals surface area contributed by atoms with Gasteiger partial charge in [0, 0.05) is 6.04 Å². The molecule has 1 heteroatoms. The van der Waals surface area contributed by atoms with Crippen molar-refractivity contribution in [1.82, 2.24) is 5.32 Å². The van der Waals surface area contributed by atoms with Gasteiger partial charge in [-0.25, -0.2) is 0 Å². The van der Waals surface area contributed by atoms with E-state index < -0.39 is 0 Å². The van der Waals surface area contributed by atoms with E-state index in [1.165, 1.54) is 25.8 Å². The topological polar surface area (TPSA) is 12.0 Å². The molecule has 0 aliphatic heterocycles. The first kappa shape index (κ1) is 8.28. The van der Waals surface area contributed by atoms with Gasteiger partial charge in [0.15, 0.2) is 0 Å². The Morgan fingerprint density at radius 1 is 1.00 bits per heavy atom. The summed E-state index contributed by atoms with van der Waals surface area (Å²) in [6.07, 6.45) is 10.6. The molecule has 3 aliphatic carbocycles. The second-order valence-corrected chi connectivity index (χ2v) is 5.45. The van der Waals surface area contributed by atoms with Crippen LogP contribution in [0.25, 0.3) is 0 Å².